The van der Waals surface area contributed by atoms with Crippen LogP contribution >= 0.6 is 0 Å². The molecule has 98 valence electrons. The topological polar surface area (TPSA) is 57.6 Å². The molecule has 0 aliphatic rings. The van der Waals surface area contributed by atoms with E-state index < -0.39 is 11.9 Å². The zero-order valence-corrected chi connectivity index (χ0v) is 10.5. The average Bonchev–Trinajstić information content (AvgIpc) is 2.48. The first-order valence-corrected chi connectivity index (χ1v) is 5.87. The lowest BCUT2D eigenvalue weighted by Crippen LogP contribution is -2.24. The largest absolute Gasteiger partial charge is 0.472 e. The Balaban J connectivity index is 2.44. The van der Waals surface area contributed by atoms with Crippen LogP contribution in [-0.4, -0.2) is 17.0 Å². The third-order valence-electron chi connectivity index (χ3n) is 2.51. The van der Waals surface area contributed by atoms with Crippen molar-refractivity contribution in [3.63, 3.8) is 0 Å². The fraction of sp³-hybridized carbons (Fsp3) is 0. The molecule has 0 spiro atoms. The molecule has 2 aromatic rings. The van der Waals surface area contributed by atoms with E-state index >= 15 is 0 Å². The lowest BCUT2D eigenvalue weighted by atomic mass is 10.2. The number of carbonyl (C=O) groups is 2. The van der Waals surface area contributed by atoms with Crippen LogP contribution in [0.1, 0.15) is 0 Å². The Morgan fingerprint density at radius 1 is 0.800 bits per heavy atom. The maximum absolute atomic E-state index is 12.1. The molecule has 0 unspecified atom stereocenters. The molecule has 4 heteroatoms. The molecule has 2 rings (SSSR count). The lowest BCUT2D eigenvalue weighted by Gasteiger charge is -2.20. The summed E-state index contributed by atoms with van der Waals surface area (Å²) in [6.07, 6.45) is 0. The summed E-state index contributed by atoms with van der Waals surface area (Å²) in [7, 11) is 0. The van der Waals surface area contributed by atoms with Gasteiger partial charge in [0.2, 0.25) is 0 Å². The molecule has 1 amide bonds. The molecular weight excluding hydrogens is 254 g/mol. The van der Waals surface area contributed by atoms with Crippen LogP contribution in [0, 0.1) is 11.8 Å². The van der Waals surface area contributed by atoms with Gasteiger partial charge in [-0.25, -0.2) is 4.79 Å². The number of anilines is 2. The van der Waals surface area contributed by atoms with Crippen molar-refractivity contribution < 1.29 is 14.7 Å². The number of rotatable bonds is 2. The molecule has 0 atom stereocenters. The molecule has 0 aliphatic carbocycles. The number of hydrogen-bond acceptors (Lipinski definition) is 2. The van der Waals surface area contributed by atoms with Gasteiger partial charge in [0.1, 0.15) is 0 Å². The summed E-state index contributed by atoms with van der Waals surface area (Å²) in [5.41, 5.74) is 1.26. The maximum Gasteiger partial charge on any atom is 0.382 e. The number of carboxylic acids is 1. The summed E-state index contributed by atoms with van der Waals surface area (Å²) < 4.78 is 0. The summed E-state index contributed by atoms with van der Waals surface area (Å²) in [6.45, 7) is 0. The number of aliphatic carboxylic acids is 1. The van der Waals surface area contributed by atoms with Gasteiger partial charge < -0.3 is 5.11 Å². The van der Waals surface area contributed by atoms with Crippen molar-refractivity contribution in [3.05, 3.63) is 60.7 Å². The van der Waals surface area contributed by atoms with Crippen LogP contribution in [0.25, 0.3) is 0 Å². The molecule has 0 aliphatic heterocycles. The number of benzene rings is 2. The van der Waals surface area contributed by atoms with Crippen LogP contribution in [0.4, 0.5) is 11.4 Å². The average molecular weight is 265 g/mol. The second-order valence-corrected chi connectivity index (χ2v) is 3.87. The van der Waals surface area contributed by atoms with Crippen LogP contribution in [-0.2, 0) is 9.59 Å². The van der Waals surface area contributed by atoms with Crippen molar-refractivity contribution in [3.8, 4) is 11.8 Å². The number of para-hydroxylation sites is 2. The summed E-state index contributed by atoms with van der Waals surface area (Å²) in [5, 5.41) is 8.54. The molecule has 2 aromatic carbocycles. The zero-order chi connectivity index (χ0) is 14.4. The quantitative estimate of drug-likeness (QED) is 0.848. The number of nitrogens with zero attached hydrogens (tertiary/aromatic N) is 1. The van der Waals surface area contributed by atoms with Crippen molar-refractivity contribution in [1.29, 1.82) is 0 Å². The molecule has 0 fully saturated rings. The van der Waals surface area contributed by atoms with Gasteiger partial charge in [-0.1, -0.05) is 36.4 Å². The smallest absolute Gasteiger partial charge is 0.382 e. The van der Waals surface area contributed by atoms with Gasteiger partial charge in [-0.3, -0.25) is 9.69 Å². The summed E-state index contributed by atoms with van der Waals surface area (Å²) in [4.78, 5) is 24.0. The van der Waals surface area contributed by atoms with Crippen molar-refractivity contribution >= 4 is 23.3 Å². The Labute approximate surface area is 116 Å². The number of carbonyl (C=O) groups excluding carboxylic acids is 1. The van der Waals surface area contributed by atoms with E-state index in [9.17, 15) is 9.59 Å². The van der Waals surface area contributed by atoms with Gasteiger partial charge in [0, 0.05) is 23.2 Å². The van der Waals surface area contributed by atoms with Crippen LogP contribution in [0.15, 0.2) is 60.7 Å². The molecule has 0 saturated heterocycles. The Hall–Kier alpha value is -3.06. The van der Waals surface area contributed by atoms with Gasteiger partial charge in [-0.15, -0.1) is 0 Å². The third kappa shape index (κ3) is 3.24. The van der Waals surface area contributed by atoms with Crippen LogP contribution < -0.4 is 4.90 Å². The van der Waals surface area contributed by atoms with E-state index in [-0.39, 0.29) is 0 Å². The van der Waals surface area contributed by atoms with E-state index in [1.165, 1.54) is 4.90 Å². The highest BCUT2D eigenvalue weighted by molar-refractivity contribution is 6.12. The predicted molar refractivity (Wildman–Crippen MR) is 75.4 cm³/mol. The molecule has 0 aromatic heterocycles. The molecule has 0 heterocycles. The molecule has 0 bridgehead atoms. The Morgan fingerprint density at radius 3 is 1.65 bits per heavy atom. The summed E-state index contributed by atoms with van der Waals surface area (Å²) in [5.74, 6) is 2.03. The fourth-order valence-corrected chi connectivity index (χ4v) is 1.70. The van der Waals surface area contributed by atoms with Crippen molar-refractivity contribution in [2.24, 2.45) is 0 Å². The first-order valence-electron chi connectivity index (χ1n) is 5.87. The minimum atomic E-state index is -1.33. The zero-order valence-electron chi connectivity index (χ0n) is 10.5. The summed E-state index contributed by atoms with van der Waals surface area (Å²) in [6, 6.07) is 17.9. The Bertz CT molecular complexity index is 630. The maximum atomic E-state index is 12.1. The van der Waals surface area contributed by atoms with Crippen LogP contribution in [0.2, 0.25) is 0 Å². The molecule has 1 N–H and O–H groups in total. The lowest BCUT2D eigenvalue weighted by molar-refractivity contribution is -0.130. The summed E-state index contributed by atoms with van der Waals surface area (Å²) >= 11 is 0. The second-order valence-electron chi connectivity index (χ2n) is 3.87. The predicted octanol–water partition coefficient (Wildman–Crippen LogP) is 2.44. The molecular formula is C16H11NO3. The first kappa shape index (κ1) is 13.4. The SMILES string of the molecule is O=C(O)C#CC(=O)N(c1ccccc1)c1ccccc1. The van der Waals surface area contributed by atoms with Gasteiger partial charge >= 0.3 is 11.9 Å². The highest BCUT2D eigenvalue weighted by Crippen LogP contribution is 2.24. The van der Waals surface area contributed by atoms with E-state index in [2.05, 4.69) is 5.92 Å². The standard InChI is InChI=1S/C16H11NO3/c18-15(11-12-16(19)20)17(13-7-3-1-4-8-13)14-9-5-2-6-10-14/h1-10H,(H,19,20). The van der Waals surface area contributed by atoms with Crippen LogP contribution in [0.3, 0.4) is 0 Å². The van der Waals surface area contributed by atoms with Crippen molar-refractivity contribution in [2.45, 2.75) is 0 Å². The molecule has 0 saturated carbocycles. The third-order valence-corrected chi connectivity index (χ3v) is 2.51. The molecule has 20 heavy (non-hydrogen) atoms. The molecule has 0 radical (unpaired) electrons. The van der Waals surface area contributed by atoms with E-state index in [0.717, 1.165) is 0 Å². The van der Waals surface area contributed by atoms with E-state index in [4.69, 9.17) is 5.11 Å². The highest BCUT2D eigenvalue weighted by Gasteiger charge is 2.15. The van der Waals surface area contributed by atoms with Crippen molar-refractivity contribution in [1.82, 2.24) is 0 Å². The van der Waals surface area contributed by atoms with Gasteiger partial charge in [-0.05, 0) is 24.3 Å². The minimum Gasteiger partial charge on any atom is -0.472 e. The normalized spacial score (nSPS) is 9.20. The van der Waals surface area contributed by atoms with E-state index in [0.29, 0.717) is 11.4 Å². The van der Waals surface area contributed by atoms with E-state index in [1.54, 1.807) is 48.5 Å². The number of hydrogen-bond donors (Lipinski definition) is 1. The fourth-order valence-electron chi connectivity index (χ4n) is 1.70. The van der Waals surface area contributed by atoms with Gasteiger partial charge in [-0.2, -0.15) is 0 Å². The van der Waals surface area contributed by atoms with Gasteiger partial charge in [0.05, 0.1) is 0 Å². The van der Waals surface area contributed by atoms with E-state index in [1.807, 2.05) is 18.1 Å². The highest BCUT2D eigenvalue weighted by atomic mass is 16.4. The van der Waals surface area contributed by atoms with Crippen LogP contribution in [0.5, 0.6) is 0 Å². The number of carboxylic acid groups (broad SMARTS) is 1. The second kappa shape index (κ2) is 6.21. The van der Waals surface area contributed by atoms with Gasteiger partial charge in [0.15, 0.2) is 0 Å². The van der Waals surface area contributed by atoms with Gasteiger partial charge in [0.25, 0.3) is 0 Å². The first-order chi connectivity index (χ1) is 9.68. The minimum absolute atomic E-state index is 0.593. The molecule has 4 nitrogen and oxygen atoms in total. The number of amides is 1. The Morgan fingerprint density at radius 2 is 1.25 bits per heavy atom. The monoisotopic (exact) mass is 265 g/mol. The Kier molecular flexibility index (Phi) is 4.15. The van der Waals surface area contributed by atoms with Crippen molar-refractivity contribution in [2.75, 3.05) is 4.90 Å².